The molecule has 1 heterocycles. The van der Waals surface area contributed by atoms with Crippen molar-refractivity contribution in [1.29, 1.82) is 0 Å². The first kappa shape index (κ1) is 13.0. The number of morpholine rings is 1. The highest BCUT2D eigenvalue weighted by molar-refractivity contribution is 7.80. The van der Waals surface area contributed by atoms with Crippen molar-refractivity contribution in [2.45, 2.75) is 6.42 Å². The highest BCUT2D eigenvalue weighted by atomic mass is 32.1. The summed E-state index contributed by atoms with van der Waals surface area (Å²) in [6.45, 7) is 2.63. The van der Waals surface area contributed by atoms with E-state index in [2.05, 4.69) is 0 Å². The molecule has 2 N–H and O–H groups in total. The lowest BCUT2D eigenvalue weighted by atomic mass is 10.1. The summed E-state index contributed by atoms with van der Waals surface area (Å²) >= 11 is 4.88. The van der Waals surface area contributed by atoms with Gasteiger partial charge in [0.2, 0.25) is 5.91 Å². The van der Waals surface area contributed by atoms with Crippen LogP contribution in [0.5, 0.6) is 0 Å². The third-order valence-corrected chi connectivity index (χ3v) is 3.19. The van der Waals surface area contributed by atoms with Gasteiger partial charge in [0.25, 0.3) is 0 Å². The Morgan fingerprint density at radius 3 is 2.44 bits per heavy atom. The summed E-state index contributed by atoms with van der Waals surface area (Å²) in [5, 5.41) is 0. The molecule has 1 fully saturated rings. The molecule has 0 unspecified atom stereocenters. The first-order valence-electron chi connectivity index (χ1n) is 5.91. The van der Waals surface area contributed by atoms with Crippen molar-refractivity contribution in [3.05, 3.63) is 35.4 Å². The number of carbonyl (C=O) groups excluding carboxylic acids is 1. The summed E-state index contributed by atoms with van der Waals surface area (Å²) < 4.78 is 5.22. The number of thiocarbonyl (C=S) groups is 1. The zero-order valence-corrected chi connectivity index (χ0v) is 10.9. The number of hydrogen-bond donors (Lipinski definition) is 1. The van der Waals surface area contributed by atoms with Crippen molar-refractivity contribution in [3.63, 3.8) is 0 Å². The van der Waals surface area contributed by atoms with Crippen LogP contribution in [-0.2, 0) is 16.0 Å². The summed E-state index contributed by atoms with van der Waals surface area (Å²) in [6, 6.07) is 7.49. The lowest BCUT2D eigenvalue weighted by Gasteiger charge is -2.26. The van der Waals surface area contributed by atoms with Crippen LogP contribution < -0.4 is 5.73 Å². The van der Waals surface area contributed by atoms with E-state index in [-0.39, 0.29) is 5.91 Å². The number of hydrogen-bond acceptors (Lipinski definition) is 3. The molecule has 1 aliphatic heterocycles. The minimum absolute atomic E-state index is 0.140. The number of nitrogens with zero attached hydrogens (tertiary/aromatic N) is 1. The van der Waals surface area contributed by atoms with E-state index in [1.165, 1.54) is 0 Å². The molecule has 0 bridgehead atoms. The first-order chi connectivity index (χ1) is 8.66. The zero-order chi connectivity index (χ0) is 13.0. The van der Waals surface area contributed by atoms with Gasteiger partial charge in [0, 0.05) is 18.7 Å². The Bertz CT molecular complexity index is 439. The Labute approximate surface area is 112 Å². The normalized spacial score (nSPS) is 15.4. The summed E-state index contributed by atoms with van der Waals surface area (Å²) in [7, 11) is 0. The minimum Gasteiger partial charge on any atom is -0.389 e. The first-order valence-corrected chi connectivity index (χ1v) is 6.32. The van der Waals surface area contributed by atoms with E-state index in [1.807, 2.05) is 29.2 Å². The van der Waals surface area contributed by atoms with E-state index in [9.17, 15) is 4.79 Å². The molecule has 0 radical (unpaired) electrons. The van der Waals surface area contributed by atoms with Crippen LogP contribution in [0.2, 0.25) is 0 Å². The third kappa shape index (κ3) is 3.27. The Morgan fingerprint density at radius 1 is 1.28 bits per heavy atom. The molecule has 1 saturated heterocycles. The number of benzene rings is 1. The number of ether oxygens (including phenoxy) is 1. The standard InChI is InChI=1S/C13H16N2O2S/c14-13(18)11-3-1-10(2-4-11)9-12(16)15-5-7-17-8-6-15/h1-4H,5-9H2,(H2,14,18). The molecule has 1 aliphatic rings. The molecule has 1 amide bonds. The zero-order valence-electron chi connectivity index (χ0n) is 10.1. The topological polar surface area (TPSA) is 55.6 Å². The fourth-order valence-electron chi connectivity index (χ4n) is 1.89. The second kappa shape index (κ2) is 5.93. The van der Waals surface area contributed by atoms with Crippen molar-refractivity contribution < 1.29 is 9.53 Å². The Hall–Kier alpha value is -1.46. The van der Waals surface area contributed by atoms with E-state index >= 15 is 0 Å². The van der Waals surface area contributed by atoms with Crippen LogP contribution >= 0.6 is 12.2 Å². The Morgan fingerprint density at radius 2 is 1.89 bits per heavy atom. The fraction of sp³-hybridized carbons (Fsp3) is 0.385. The summed E-state index contributed by atoms with van der Waals surface area (Å²) in [5.41, 5.74) is 7.33. The smallest absolute Gasteiger partial charge is 0.227 e. The van der Waals surface area contributed by atoms with E-state index in [0.717, 1.165) is 11.1 Å². The molecule has 2 rings (SSSR count). The van der Waals surface area contributed by atoms with Crippen LogP contribution in [0.1, 0.15) is 11.1 Å². The second-order valence-electron chi connectivity index (χ2n) is 4.23. The van der Waals surface area contributed by atoms with Gasteiger partial charge in [-0.1, -0.05) is 36.5 Å². The molecule has 1 aromatic carbocycles. The van der Waals surface area contributed by atoms with Crippen LogP contribution in [-0.4, -0.2) is 42.1 Å². The van der Waals surface area contributed by atoms with Gasteiger partial charge in [-0.25, -0.2) is 0 Å². The van der Waals surface area contributed by atoms with E-state index in [1.54, 1.807) is 0 Å². The molecule has 0 aromatic heterocycles. The molecule has 1 aromatic rings. The maximum absolute atomic E-state index is 12.0. The number of amides is 1. The molecule has 0 spiro atoms. The predicted octanol–water partition coefficient (Wildman–Crippen LogP) is 0.722. The number of carbonyl (C=O) groups is 1. The van der Waals surface area contributed by atoms with Crippen molar-refractivity contribution in [2.75, 3.05) is 26.3 Å². The summed E-state index contributed by atoms with van der Waals surface area (Å²) in [4.78, 5) is 14.2. The maximum Gasteiger partial charge on any atom is 0.227 e. The quantitative estimate of drug-likeness (QED) is 0.817. The summed E-state index contributed by atoms with van der Waals surface area (Å²) in [6.07, 6.45) is 0.414. The molecular weight excluding hydrogens is 248 g/mol. The van der Waals surface area contributed by atoms with Gasteiger partial charge in [-0.15, -0.1) is 0 Å². The van der Waals surface area contributed by atoms with E-state index in [4.69, 9.17) is 22.7 Å². The average molecular weight is 264 g/mol. The van der Waals surface area contributed by atoms with Gasteiger partial charge in [-0.05, 0) is 5.56 Å². The second-order valence-corrected chi connectivity index (χ2v) is 4.67. The van der Waals surface area contributed by atoms with E-state index < -0.39 is 0 Å². The van der Waals surface area contributed by atoms with Crippen LogP contribution in [0.4, 0.5) is 0 Å². The minimum atomic E-state index is 0.140. The van der Waals surface area contributed by atoms with Crippen LogP contribution in [0.15, 0.2) is 24.3 Å². The van der Waals surface area contributed by atoms with Gasteiger partial charge in [-0.3, -0.25) is 4.79 Å². The largest absolute Gasteiger partial charge is 0.389 e. The van der Waals surface area contributed by atoms with Gasteiger partial charge in [0.05, 0.1) is 19.6 Å². The predicted molar refractivity (Wildman–Crippen MR) is 73.4 cm³/mol. The Kier molecular flexibility index (Phi) is 4.28. The van der Waals surface area contributed by atoms with Gasteiger partial charge >= 0.3 is 0 Å². The van der Waals surface area contributed by atoms with Crippen molar-refractivity contribution in [1.82, 2.24) is 4.90 Å². The lowest BCUT2D eigenvalue weighted by Crippen LogP contribution is -2.41. The van der Waals surface area contributed by atoms with Crippen LogP contribution in [0, 0.1) is 0 Å². The average Bonchev–Trinajstić information content (AvgIpc) is 2.40. The van der Waals surface area contributed by atoms with Crippen LogP contribution in [0.3, 0.4) is 0 Å². The lowest BCUT2D eigenvalue weighted by molar-refractivity contribution is -0.134. The highest BCUT2D eigenvalue weighted by Crippen LogP contribution is 2.08. The number of nitrogens with two attached hydrogens (primary N) is 1. The van der Waals surface area contributed by atoms with E-state index in [0.29, 0.717) is 37.7 Å². The molecule has 0 aliphatic carbocycles. The van der Waals surface area contributed by atoms with Gasteiger partial charge in [0.15, 0.2) is 0 Å². The number of rotatable bonds is 3. The monoisotopic (exact) mass is 264 g/mol. The summed E-state index contributed by atoms with van der Waals surface area (Å²) in [5.74, 6) is 0.140. The molecule has 0 atom stereocenters. The molecule has 96 valence electrons. The fourth-order valence-corrected chi connectivity index (χ4v) is 2.02. The SMILES string of the molecule is NC(=S)c1ccc(CC(=O)N2CCOCC2)cc1. The van der Waals surface area contributed by atoms with Gasteiger partial charge < -0.3 is 15.4 Å². The van der Waals surface area contributed by atoms with Gasteiger partial charge in [-0.2, -0.15) is 0 Å². The van der Waals surface area contributed by atoms with Crippen molar-refractivity contribution in [2.24, 2.45) is 5.73 Å². The molecular formula is C13H16N2O2S. The molecule has 18 heavy (non-hydrogen) atoms. The van der Waals surface area contributed by atoms with Crippen molar-refractivity contribution >= 4 is 23.1 Å². The third-order valence-electron chi connectivity index (χ3n) is 2.96. The molecule has 5 heteroatoms. The molecule has 4 nitrogen and oxygen atoms in total. The van der Waals surface area contributed by atoms with Crippen molar-refractivity contribution in [3.8, 4) is 0 Å². The molecule has 0 saturated carbocycles. The van der Waals surface area contributed by atoms with Gasteiger partial charge in [0.1, 0.15) is 4.99 Å². The maximum atomic E-state index is 12.0. The van der Waals surface area contributed by atoms with Crippen LogP contribution in [0.25, 0.3) is 0 Å². The highest BCUT2D eigenvalue weighted by Gasteiger charge is 2.16. The Balaban J connectivity index is 1.96.